The molecule has 2 rings (SSSR count). The summed E-state index contributed by atoms with van der Waals surface area (Å²) in [6.45, 7) is 6.29. The summed E-state index contributed by atoms with van der Waals surface area (Å²) in [7, 11) is 0. The maximum atomic E-state index is 10.4. The first-order chi connectivity index (χ1) is 10.6. The zero-order valence-corrected chi connectivity index (χ0v) is 15.9. The molecule has 1 unspecified atom stereocenters. The van der Waals surface area contributed by atoms with Crippen molar-refractivity contribution in [3.8, 4) is 0 Å². The number of furan rings is 1. The fourth-order valence-electron chi connectivity index (χ4n) is 2.06. The van der Waals surface area contributed by atoms with E-state index in [1.165, 1.54) is 0 Å². The summed E-state index contributed by atoms with van der Waals surface area (Å²) in [5.41, 5.74) is -1.12. The number of nitrogens with zero attached hydrogens (tertiary/aromatic N) is 2. The second-order valence-electron chi connectivity index (χ2n) is 5.29. The monoisotopic (exact) mass is 432 g/mol. The number of aliphatic hydroxyl groups is 1. The summed E-state index contributed by atoms with van der Waals surface area (Å²) in [5.74, 6) is 1.20. The topological polar surface area (TPSA) is 74.7 Å². The molecule has 0 saturated carbocycles. The third kappa shape index (κ3) is 6.26. The number of hydrogen-bond acceptors (Lipinski definition) is 3. The first-order valence-corrected chi connectivity index (χ1v) is 7.51. The van der Waals surface area contributed by atoms with E-state index in [0.717, 1.165) is 19.6 Å². The molecule has 2 heterocycles. The molecular weight excluding hydrogens is 407 g/mol. The summed E-state index contributed by atoms with van der Waals surface area (Å²) < 4.78 is 7.35. The van der Waals surface area contributed by atoms with Crippen molar-refractivity contribution in [1.82, 2.24) is 15.2 Å². The standard InChI is InChI=1S/C16H24N4O2.HI/c1-3-17-15(18-8-11-20-9-4-5-10-20)19-13-16(2,21)14-7-6-12-22-14;/h4-7,9-10,12,21H,3,8,11,13H2,1-2H3,(H2,17,18,19);1H. The second kappa shape index (κ2) is 9.61. The van der Waals surface area contributed by atoms with E-state index in [1.807, 2.05) is 31.5 Å². The normalized spacial score (nSPS) is 14.0. The van der Waals surface area contributed by atoms with E-state index in [-0.39, 0.29) is 30.5 Å². The van der Waals surface area contributed by atoms with Crippen LogP contribution in [-0.2, 0) is 12.1 Å². The molecule has 2 aromatic heterocycles. The predicted molar refractivity (Wildman–Crippen MR) is 102 cm³/mol. The van der Waals surface area contributed by atoms with E-state index in [0.29, 0.717) is 11.7 Å². The van der Waals surface area contributed by atoms with Crippen molar-refractivity contribution in [3.63, 3.8) is 0 Å². The van der Waals surface area contributed by atoms with E-state index in [2.05, 4.69) is 20.2 Å². The lowest BCUT2D eigenvalue weighted by atomic mass is 10.0. The molecule has 3 N–H and O–H groups in total. The molecule has 0 fully saturated rings. The minimum atomic E-state index is -1.12. The number of aliphatic imine (C=N–C) groups is 1. The van der Waals surface area contributed by atoms with Gasteiger partial charge in [0.05, 0.1) is 12.8 Å². The molecule has 0 aliphatic carbocycles. The Morgan fingerprint density at radius 3 is 2.65 bits per heavy atom. The Labute approximate surface area is 154 Å². The van der Waals surface area contributed by atoms with E-state index < -0.39 is 5.60 Å². The van der Waals surface area contributed by atoms with Gasteiger partial charge in [-0.25, -0.2) is 4.99 Å². The highest BCUT2D eigenvalue weighted by Crippen LogP contribution is 2.20. The number of aromatic nitrogens is 1. The van der Waals surface area contributed by atoms with Crippen molar-refractivity contribution in [1.29, 1.82) is 0 Å². The van der Waals surface area contributed by atoms with Crippen LogP contribution in [0.5, 0.6) is 0 Å². The molecule has 1 atom stereocenters. The highest BCUT2D eigenvalue weighted by Gasteiger charge is 2.25. The average Bonchev–Trinajstić information content (AvgIpc) is 3.18. The molecular formula is C16H25IN4O2. The molecule has 0 saturated heterocycles. The van der Waals surface area contributed by atoms with Crippen LogP contribution in [0, 0.1) is 0 Å². The van der Waals surface area contributed by atoms with E-state index in [4.69, 9.17) is 4.42 Å². The number of nitrogens with one attached hydrogen (secondary N) is 2. The highest BCUT2D eigenvalue weighted by atomic mass is 127. The van der Waals surface area contributed by atoms with Crippen LogP contribution in [0.2, 0.25) is 0 Å². The second-order valence-corrected chi connectivity index (χ2v) is 5.29. The first kappa shape index (κ1) is 19.6. The molecule has 0 spiro atoms. The lowest BCUT2D eigenvalue weighted by molar-refractivity contribution is 0.0437. The Balaban J connectivity index is 0.00000264. The van der Waals surface area contributed by atoms with Gasteiger partial charge in [-0.15, -0.1) is 24.0 Å². The van der Waals surface area contributed by atoms with Crippen LogP contribution in [0.15, 0.2) is 52.3 Å². The lowest BCUT2D eigenvalue weighted by Crippen LogP contribution is -2.40. The summed E-state index contributed by atoms with van der Waals surface area (Å²) >= 11 is 0. The van der Waals surface area contributed by atoms with Crippen LogP contribution in [-0.4, -0.2) is 35.3 Å². The van der Waals surface area contributed by atoms with Crippen LogP contribution in [0.3, 0.4) is 0 Å². The summed E-state index contributed by atoms with van der Waals surface area (Å²) in [6.07, 6.45) is 5.59. The van der Waals surface area contributed by atoms with Crippen LogP contribution in [0.1, 0.15) is 19.6 Å². The van der Waals surface area contributed by atoms with E-state index >= 15 is 0 Å². The zero-order chi connectivity index (χ0) is 15.8. The highest BCUT2D eigenvalue weighted by molar-refractivity contribution is 14.0. The van der Waals surface area contributed by atoms with Gasteiger partial charge < -0.3 is 24.7 Å². The van der Waals surface area contributed by atoms with Gasteiger partial charge in [0.2, 0.25) is 0 Å². The van der Waals surface area contributed by atoms with Crippen molar-refractivity contribution >= 4 is 29.9 Å². The average molecular weight is 432 g/mol. The molecule has 6 nitrogen and oxygen atoms in total. The Hall–Kier alpha value is -1.48. The summed E-state index contributed by atoms with van der Waals surface area (Å²) in [4.78, 5) is 4.44. The number of rotatable bonds is 7. The molecule has 0 aromatic carbocycles. The Kier molecular flexibility index (Phi) is 8.18. The van der Waals surface area contributed by atoms with Crippen molar-refractivity contribution in [3.05, 3.63) is 48.7 Å². The van der Waals surface area contributed by atoms with Crippen LogP contribution < -0.4 is 10.6 Å². The molecule has 0 amide bonds. The van der Waals surface area contributed by atoms with E-state index in [9.17, 15) is 5.11 Å². The molecule has 0 aliphatic rings. The van der Waals surface area contributed by atoms with Gasteiger partial charge in [0.1, 0.15) is 11.4 Å². The Morgan fingerprint density at radius 2 is 2.04 bits per heavy atom. The van der Waals surface area contributed by atoms with Crippen LogP contribution in [0.4, 0.5) is 0 Å². The number of guanidine groups is 1. The van der Waals surface area contributed by atoms with Crippen molar-refractivity contribution in [2.75, 3.05) is 19.6 Å². The van der Waals surface area contributed by atoms with Gasteiger partial charge >= 0.3 is 0 Å². The van der Waals surface area contributed by atoms with Gasteiger partial charge in [-0.2, -0.15) is 0 Å². The zero-order valence-electron chi connectivity index (χ0n) is 13.5. The quantitative estimate of drug-likeness (QED) is 0.356. The lowest BCUT2D eigenvalue weighted by Gasteiger charge is -2.19. The SMILES string of the molecule is CCNC(=NCC(C)(O)c1ccco1)NCCn1cccc1.I. The van der Waals surface area contributed by atoms with Crippen LogP contribution in [0.25, 0.3) is 0 Å². The van der Waals surface area contributed by atoms with Gasteiger partial charge in [0.15, 0.2) is 5.96 Å². The van der Waals surface area contributed by atoms with Crippen molar-refractivity contribution < 1.29 is 9.52 Å². The summed E-state index contributed by atoms with van der Waals surface area (Å²) in [6, 6.07) is 7.51. The van der Waals surface area contributed by atoms with E-state index in [1.54, 1.807) is 25.3 Å². The fraction of sp³-hybridized carbons (Fsp3) is 0.438. The molecule has 7 heteroatoms. The van der Waals surface area contributed by atoms with Crippen molar-refractivity contribution in [2.24, 2.45) is 4.99 Å². The van der Waals surface area contributed by atoms with Gasteiger partial charge in [-0.05, 0) is 38.1 Å². The fourth-order valence-corrected chi connectivity index (χ4v) is 2.06. The number of hydrogen-bond donors (Lipinski definition) is 3. The van der Waals surface area contributed by atoms with Gasteiger partial charge in [0.25, 0.3) is 0 Å². The Bertz CT molecular complexity index is 565. The first-order valence-electron chi connectivity index (χ1n) is 7.51. The van der Waals surface area contributed by atoms with Crippen LogP contribution >= 0.6 is 24.0 Å². The van der Waals surface area contributed by atoms with Gasteiger partial charge in [0, 0.05) is 32.0 Å². The molecule has 0 bridgehead atoms. The minimum absolute atomic E-state index is 0. The van der Waals surface area contributed by atoms with Gasteiger partial charge in [-0.1, -0.05) is 0 Å². The third-order valence-corrected chi connectivity index (χ3v) is 3.27. The third-order valence-electron chi connectivity index (χ3n) is 3.27. The smallest absolute Gasteiger partial charge is 0.191 e. The molecule has 128 valence electrons. The maximum Gasteiger partial charge on any atom is 0.191 e. The predicted octanol–water partition coefficient (Wildman–Crippen LogP) is 2.16. The molecule has 0 aliphatic heterocycles. The molecule has 23 heavy (non-hydrogen) atoms. The minimum Gasteiger partial charge on any atom is -0.466 e. The molecule has 2 aromatic rings. The number of halogens is 1. The summed E-state index contributed by atoms with van der Waals surface area (Å²) in [5, 5.41) is 16.8. The molecule has 0 radical (unpaired) electrons. The van der Waals surface area contributed by atoms with Gasteiger partial charge in [-0.3, -0.25) is 0 Å². The maximum absolute atomic E-state index is 10.4. The Morgan fingerprint density at radius 1 is 1.30 bits per heavy atom. The largest absolute Gasteiger partial charge is 0.466 e. The van der Waals surface area contributed by atoms with Crippen molar-refractivity contribution in [2.45, 2.75) is 26.0 Å².